The second kappa shape index (κ2) is 7.73. The van der Waals surface area contributed by atoms with E-state index in [-0.39, 0.29) is 10.5 Å². The highest BCUT2D eigenvalue weighted by Gasteiger charge is 2.25. The molecule has 1 aliphatic heterocycles. The Bertz CT molecular complexity index is 1070. The second-order valence-electron chi connectivity index (χ2n) is 6.90. The molecule has 2 N–H and O–H groups in total. The van der Waals surface area contributed by atoms with E-state index >= 15 is 0 Å². The van der Waals surface area contributed by atoms with Gasteiger partial charge in [-0.2, -0.15) is 4.31 Å². The Morgan fingerprint density at radius 1 is 1.00 bits per heavy atom. The molecule has 0 spiro atoms. The van der Waals surface area contributed by atoms with Gasteiger partial charge in [-0.15, -0.1) is 0 Å². The molecule has 1 fully saturated rings. The number of benzene rings is 2. The lowest BCUT2D eigenvalue weighted by Crippen LogP contribution is -2.32. The van der Waals surface area contributed by atoms with Crippen LogP contribution in [0.3, 0.4) is 0 Å². The molecule has 0 atom stereocenters. The van der Waals surface area contributed by atoms with Crippen LogP contribution < -0.4 is 5.32 Å². The van der Waals surface area contributed by atoms with Crippen LogP contribution in [0.4, 0.5) is 5.95 Å². The van der Waals surface area contributed by atoms with E-state index in [1.165, 1.54) is 16.4 Å². The summed E-state index contributed by atoms with van der Waals surface area (Å²) < 4.78 is 27.5. The number of aromatic amines is 1. The van der Waals surface area contributed by atoms with E-state index in [0.717, 1.165) is 36.7 Å². The van der Waals surface area contributed by atoms with Crippen molar-refractivity contribution in [1.82, 2.24) is 14.3 Å². The molecule has 0 radical (unpaired) electrons. The summed E-state index contributed by atoms with van der Waals surface area (Å²) in [6.45, 7) is 1.05. The molecule has 0 unspecified atom stereocenters. The molecule has 8 heteroatoms. The molecule has 2 heterocycles. The first kappa shape index (κ1) is 18.6. The number of carbonyl (C=O) groups is 1. The maximum atomic E-state index is 13.0. The summed E-state index contributed by atoms with van der Waals surface area (Å²) in [5.74, 6) is -0.0843. The van der Waals surface area contributed by atoms with E-state index in [4.69, 9.17) is 0 Å². The smallest absolute Gasteiger partial charge is 0.258 e. The van der Waals surface area contributed by atoms with Crippen molar-refractivity contribution in [1.29, 1.82) is 0 Å². The number of carbonyl (C=O) groups excluding carboxylic acids is 1. The van der Waals surface area contributed by atoms with Gasteiger partial charge in [0.1, 0.15) is 0 Å². The van der Waals surface area contributed by atoms with Gasteiger partial charge in [-0.05, 0) is 43.2 Å². The molecule has 0 saturated carbocycles. The summed E-state index contributed by atoms with van der Waals surface area (Å²) in [7, 11) is -3.60. The molecule has 28 heavy (non-hydrogen) atoms. The number of nitrogens with zero attached hydrogens (tertiary/aromatic N) is 2. The van der Waals surface area contributed by atoms with E-state index in [0.29, 0.717) is 19.0 Å². The predicted octanol–water partition coefficient (Wildman–Crippen LogP) is 3.38. The van der Waals surface area contributed by atoms with Crippen molar-refractivity contribution in [2.75, 3.05) is 18.4 Å². The summed E-state index contributed by atoms with van der Waals surface area (Å²) in [6.07, 6.45) is 3.83. The third-order valence-corrected chi connectivity index (χ3v) is 6.81. The number of amides is 1. The maximum absolute atomic E-state index is 13.0. The van der Waals surface area contributed by atoms with Gasteiger partial charge in [-0.3, -0.25) is 10.1 Å². The lowest BCUT2D eigenvalue weighted by atomic mass is 10.2. The van der Waals surface area contributed by atoms with Crippen LogP contribution in [0.15, 0.2) is 53.4 Å². The van der Waals surface area contributed by atoms with Crippen molar-refractivity contribution in [3.05, 3.63) is 54.1 Å². The number of anilines is 1. The number of hydrogen-bond donors (Lipinski definition) is 2. The molecular formula is C20H22N4O3S. The fourth-order valence-electron chi connectivity index (χ4n) is 3.42. The maximum Gasteiger partial charge on any atom is 0.258 e. The molecule has 3 aromatic rings. The van der Waals surface area contributed by atoms with Crippen LogP contribution in [-0.4, -0.2) is 41.7 Å². The van der Waals surface area contributed by atoms with Crippen LogP contribution >= 0.6 is 0 Å². The zero-order valence-corrected chi connectivity index (χ0v) is 16.2. The summed E-state index contributed by atoms with van der Waals surface area (Å²) in [5.41, 5.74) is 1.84. The minimum atomic E-state index is -3.60. The average Bonchev–Trinajstić information content (AvgIpc) is 2.90. The molecular weight excluding hydrogens is 376 g/mol. The van der Waals surface area contributed by atoms with E-state index < -0.39 is 15.9 Å². The Kier molecular flexibility index (Phi) is 5.15. The van der Waals surface area contributed by atoms with Gasteiger partial charge in [0.05, 0.1) is 15.9 Å². The fourth-order valence-corrected chi connectivity index (χ4v) is 4.98. The molecule has 4 rings (SSSR count). The van der Waals surface area contributed by atoms with Crippen molar-refractivity contribution in [2.45, 2.75) is 30.6 Å². The summed E-state index contributed by atoms with van der Waals surface area (Å²) in [6, 6.07) is 13.6. The molecule has 1 aliphatic rings. The van der Waals surface area contributed by atoms with Gasteiger partial charge in [-0.25, -0.2) is 13.4 Å². The molecule has 146 valence electrons. The van der Waals surface area contributed by atoms with Crippen LogP contribution in [0.1, 0.15) is 36.0 Å². The monoisotopic (exact) mass is 398 g/mol. The van der Waals surface area contributed by atoms with Gasteiger partial charge in [-0.1, -0.05) is 31.0 Å². The number of para-hydroxylation sites is 2. The summed E-state index contributed by atoms with van der Waals surface area (Å²) in [4.78, 5) is 20.1. The van der Waals surface area contributed by atoms with Crippen LogP contribution in [0, 0.1) is 0 Å². The third-order valence-electron chi connectivity index (χ3n) is 4.92. The molecule has 0 aliphatic carbocycles. The Morgan fingerprint density at radius 3 is 2.50 bits per heavy atom. The lowest BCUT2D eigenvalue weighted by molar-refractivity contribution is 0.102. The van der Waals surface area contributed by atoms with E-state index in [2.05, 4.69) is 15.3 Å². The standard InChI is InChI=1S/C20H22N4O3S/c25-19(23-20-21-17-10-3-4-11-18(17)22-20)15-8-7-9-16(14-15)28(26,27)24-12-5-1-2-6-13-24/h3-4,7-11,14H,1-2,5-6,12-13H2,(H2,21,22,23,25). The highest BCUT2D eigenvalue weighted by Crippen LogP contribution is 2.22. The lowest BCUT2D eigenvalue weighted by Gasteiger charge is -2.20. The number of aromatic nitrogens is 2. The Balaban J connectivity index is 1.56. The van der Waals surface area contributed by atoms with E-state index in [1.54, 1.807) is 12.1 Å². The van der Waals surface area contributed by atoms with Crippen molar-refractivity contribution in [3.8, 4) is 0 Å². The quantitative estimate of drug-likeness (QED) is 0.704. The third kappa shape index (κ3) is 3.79. The van der Waals surface area contributed by atoms with Crippen molar-refractivity contribution in [2.24, 2.45) is 0 Å². The molecule has 0 bridgehead atoms. The van der Waals surface area contributed by atoms with Gasteiger partial charge in [0.2, 0.25) is 16.0 Å². The Morgan fingerprint density at radius 2 is 1.75 bits per heavy atom. The predicted molar refractivity (Wildman–Crippen MR) is 108 cm³/mol. The normalized spacial score (nSPS) is 16.0. The summed E-state index contributed by atoms with van der Waals surface area (Å²) >= 11 is 0. The largest absolute Gasteiger partial charge is 0.324 e. The number of H-pyrrole nitrogens is 1. The molecule has 1 saturated heterocycles. The van der Waals surface area contributed by atoms with Crippen molar-refractivity contribution < 1.29 is 13.2 Å². The van der Waals surface area contributed by atoms with Crippen molar-refractivity contribution in [3.63, 3.8) is 0 Å². The van der Waals surface area contributed by atoms with Gasteiger partial charge < -0.3 is 4.98 Å². The van der Waals surface area contributed by atoms with Crippen LogP contribution in [0.5, 0.6) is 0 Å². The van der Waals surface area contributed by atoms with Crippen LogP contribution in [-0.2, 0) is 10.0 Å². The van der Waals surface area contributed by atoms with E-state index in [1.807, 2.05) is 24.3 Å². The number of fused-ring (bicyclic) bond motifs is 1. The first-order valence-corrected chi connectivity index (χ1v) is 10.8. The van der Waals surface area contributed by atoms with E-state index in [9.17, 15) is 13.2 Å². The minimum absolute atomic E-state index is 0.145. The highest BCUT2D eigenvalue weighted by atomic mass is 32.2. The van der Waals surface area contributed by atoms with Gasteiger partial charge in [0.15, 0.2) is 0 Å². The minimum Gasteiger partial charge on any atom is -0.324 e. The van der Waals surface area contributed by atoms with Crippen LogP contribution in [0.25, 0.3) is 11.0 Å². The SMILES string of the molecule is O=C(Nc1nc2ccccc2[nH]1)c1cccc(S(=O)(=O)N2CCCCCC2)c1. The van der Waals surface area contributed by atoms with Gasteiger partial charge in [0.25, 0.3) is 5.91 Å². The first-order chi connectivity index (χ1) is 13.5. The Hall–Kier alpha value is -2.71. The number of nitrogens with one attached hydrogen (secondary N) is 2. The number of imidazole rings is 1. The number of sulfonamides is 1. The van der Waals surface area contributed by atoms with Gasteiger partial charge in [0, 0.05) is 18.7 Å². The number of rotatable bonds is 4. The highest BCUT2D eigenvalue weighted by molar-refractivity contribution is 7.89. The molecule has 1 amide bonds. The second-order valence-corrected chi connectivity index (χ2v) is 8.84. The zero-order valence-electron chi connectivity index (χ0n) is 15.4. The molecule has 1 aromatic heterocycles. The first-order valence-electron chi connectivity index (χ1n) is 9.40. The average molecular weight is 398 g/mol. The topological polar surface area (TPSA) is 95.2 Å². The zero-order chi connectivity index (χ0) is 19.6. The van der Waals surface area contributed by atoms with Crippen LogP contribution in [0.2, 0.25) is 0 Å². The molecule has 2 aromatic carbocycles. The summed E-state index contributed by atoms with van der Waals surface area (Å²) in [5, 5.41) is 2.70. The van der Waals surface area contributed by atoms with Crippen molar-refractivity contribution >= 4 is 32.9 Å². The Labute approximate surface area is 163 Å². The molecule has 7 nitrogen and oxygen atoms in total. The number of hydrogen-bond acceptors (Lipinski definition) is 4. The fraction of sp³-hybridized carbons (Fsp3) is 0.300. The van der Waals surface area contributed by atoms with Gasteiger partial charge >= 0.3 is 0 Å².